The number of rotatable bonds is 4. The molecular weight excluding hydrogens is 246 g/mol. The number of nitrogens with two attached hydrogens (primary N) is 1. The lowest BCUT2D eigenvalue weighted by atomic mass is 10.0. The Morgan fingerprint density at radius 3 is 2.95 bits per heavy atom. The van der Waals surface area contributed by atoms with Crippen molar-refractivity contribution in [2.24, 2.45) is 5.92 Å². The van der Waals surface area contributed by atoms with E-state index in [0.29, 0.717) is 36.1 Å². The molecule has 102 valence electrons. The van der Waals surface area contributed by atoms with Crippen LogP contribution in [-0.2, 0) is 9.47 Å². The van der Waals surface area contributed by atoms with Gasteiger partial charge in [0, 0.05) is 24.5 Å². The van der Waals surface area contributed by atoms with Crippen LogP contribution in [0.15, 0.2) is 12.1 Å². The molecule has 5 nitrogen and oxygen atoms in total. The Morgan fingerprint density at radius 1 is 1.47 bits per heavy atom. The molecule has 0 bridgehead atoms. The van der Waals surface area contributed by atoms with Crippen LogP contribution in [0, 0.1) is 5.92 Å². The van der Waals surface area contributed by atoms with Gasteiger partial charge in [-0.15, -0.1) is 0 Å². The first kappa shape index (κ1) is 12.3. The molecule has 0 saturated heterocycles. The van der Waals surface area contributed by atoms with Crippen LogP contribution in [0.2, 0.25) is 0 Å². The summed E-state index contributed by atoms with van der Waals surface area (Å²) in [7, 11) is 1.67. The minimum Gasteiger partial charge on any atom is -0.487 e. The van der Waals surface area contributed by atoms with Gasteiger partial charge in [-0.1, -0.05) is 0 Å². The second-order valence-electron chi connectivity index (χ2n) is 4.89. The molecule has 3 unspecified atom stereocenters. The number of hydrogen-bond acceptors (Lipinski definition) is 5. The Kier molecular flexibility index (Phi) is 2.86. The van der Waals surface area contributed by atoms with E-state index in [0.717, 1.165) is 5.56 Å². The van der Waals surface area contributed by atoms with E-state index in [4.69, 9.17) is 19.9 Å². The molecule has 1 saturated carbocycles. The highest BCUT2D eigenvalue weighted by molar-refractivity contribution is 5.94. The molecule has 1 heterocycles. The summed E-state index contributed by atoms with van der Waals surface area (Å²) in [5.74, 6) is 0.851. The third kappa shape index (κ3) is 1.76. The standard InChI is InChI=1S/C14H17NO4/c1-3-18-14(16)7-4-5-9(15)13-10(7)11-8(6-17-2)12(11)19-13/h4-5,8,11-12H,3,6,15H2,1-2H3. The van der Waals surface area contributed by atoms with Gasteiger partial charge in [0.15, 0.2) is 0 Å². The maximum atomic E-state index is 12.0. The van der Waals surface area contributed by atoms with Crippen molar-refractivity contribution in [3.8, 4) is 5.75 Å². The van der Waals surface area contributed by atoms with Crippen molar-refractivity contribution in [2.75, 3.05) is 26.1 Å². The zero-order chi connectivity index (χ0) is 13.6. The molecule has 2 N–H and O–H groups in total. The number of methoxy groups -OCH3 is 1. The van der Waals surface area contributed by atoms with Crippen molar-refractivity contribution >= 4 is 11.7 Å². The fourth-order valence-corrected chi connectivity index (χ4v) is 2.87. The molecule has 2 aliphatic rings. The maximum absolute atomic E-state index is 12.0. The van der Waals surface area contributed by atoms with E-state index in [1.807, 2.05) is 0 Å². The van der Waals surface area contributed by atoms with Crippen LogP contribution < -0.4 is 10.5 Å². The van der Waals surface area contributed by atoms with E-state index in [1.165, 1.54) is 0 Å². The highest BCUT2D eigenvalue weighted by Crippen LogP contribution is 2.60. The first-order valence-electron chi connectivity index (χ1n) is 6.44. The van der Waals surface area contributed by atoms with Crippen molar-refractivity contribution in [3.63, 3.8) is 0 Å². The number of hydrogen-bond donors (Lipinski definition) is 1. The molecule has 1 aromatic rings. The third-order valence-corrected chi connectivity index (χ3v) is 3.76. The molecule has 5 heteroatoms. The van der Waals surface area contributed by atoms with Crippen molar-refractivity contribution in [3.05, 3.63) is 23.3 Å². The Labute approximate surface area is 111 Å². The minimum atomic E-state index is -0.314. The number of carbonyl (C=O) groups is 1. The summed E-state index contributed by atoms with van der Waals surface area (Å²) >= 11 is 0. The van der Waals surface area contributed by atoms with Crippen LogP contribution in [0.1, 0.15) is 28.8 Å². The summed E-state index contributed by atoms with van der Waals surface area (Å²) in [5.41, 5.74) is 7.94. The van der Waals surface area contributed by atoms with E-state index in [1.54, 1.807) is 26.2 Å². The Bertz CT molecular complexity index is 528. The number of benzene rings is 1. The van der Waals surface area contributed by atoms with Crippen LogP contribution in [-0.4, -0.2) is 32.4 Å². The number of esters is 1. The van der Waals surface area contributed by atoms with Gasteiger partial charge in [-0.25, -0.2) is 4.79 Å². The average Bonchev–Trinajstić information content (AvgIpc) is 2.89. The Balaban J connectivity index is 1.97. The van der Waals surface area contributed by atoms with Gasteiger partial charge in [-0.3, -0.25) is 0 Å². The molecule has 3 atom stereocenters. The lowest BCUT2D eigenvalue weighted by Crippen LogP contribution is -2.11. The summed E-state index contributed by atoms with van der Waals surface area (Å²) < 4.78 is 16.1. The quantitative estimate of drug-likeness (QED) is 0.659. The summed E-state index contributed by atoms with van der Waals surface area (Å²) in [4.78, 5) is 12.0. The van der Waals surface area contributed by atoms with Crippen LogP contribution >= 0.6 is 0 Å². The number of carbonyl (C=O) groups excluding carboxylic acids is 1. The number of anilines is 1. The summed E-state index contributed by atoms with van der Waals surface area (Å²) in [6, 6.07) is 3.42. The molecule has 19 heavy (non-hydrogen) atoms. The smallest absolute Gasteiger partial charge is 0.338 e. The Hall–Kier alpha value is -1.75. The monoisotopic (exact) mass is 263 g/mol. The lowest BCUT2D eigenvalue weighted by molar-refractivity contribution is 0.0524. The van der Waals surface area contributed by atoms with Gasteiger partial charge < -0.3 is 19.9 Å². The van der Waals surface area contributed by atoms with Crippen molar-refractivity contribution in [1.29, 1.82) is 0 Å². The van der Waals surface area contributed by atoms with Crippen LogP contribution in [0.25, 0.3) is 0 Å². The normalized spacial score (nSPS) is 26.3. The number of ether oxygens (including phenoxy) is 3. The number of fused-ring (bicyclic) bond motifs is 3. The van der Waals surface area contributed by atoms with Crippen LogP contribution in [0.5, 0.6) is 5.75 Å². The fraction of sp³-hybridized carbons (Fsp3) is 0.500. The van der Waals surface area contributed by atoms with Crippen molar-refractivity contribution in [2.45, 2.75) is 18.9 Å². The van der Waals surface area contributed by atoms with Gasteiger partial charge in [0.2, 0.25) is 0 Å². The molecule has 1 fully saturated rings. The lowest BCUT2D eigenvalue weighted by Gasteiger charge is -2.13. The molecule has 0 radical (unpaired) electrons. The van der Waals surface area contributed by atoms with Crippen LogP contribution in [0.4, 0.5) is 5.69 Å². The summed E-state index contributed by atoms with van der Waals surface area (Å²) in [5, 5.41) is 0. The van der Waals surface area contributed by atoms with Gasteiger partial charge in [0.25, 0.3) is 0 Å². The average molecular weight is 263 g/mol. The van der Waals surface area contributed by atoms with Gasteiger partial charge in [0.05, 0.1) is 24.5 Å². The fourth-order valence-electron chi connectivity index (χ4n) is 2.87. The molecule has 0 spiro atoms. The zero-order valence-electron chi connectivity index (χ0n) is 11.0. The summed E-state index contributed by atoms with van der Waals surface area (Å²) in [6.45, 7) is 2.78. The molecule has 3 rings (SSSR count). The van der Waals surface area contributed by atoms with Gasteiger partial charge in [-0.2, -0.15) is 0 Å². The topological polar surface area (TPSA) is 70.8 Å². The first-order chi connectivity index (χ1) is 9.19. The van der Waals surface area contributed by atoms with Gasteiger partial charge >= 0.3 is 5.97 Å². The SMILES string of the molecule is CCOC(=O)c1ccc(N)c2c1C1C(COC)C1O2. The van der Waals surface area contributed by atoms with E-state index >= 15 is 0 Å². The maximum Gasteiger partial charge on any atom is 0.338 e. The van der Waals surface area contributed by atoms with Crippen LogP contribution in [0.3, 0.4) is 0 Å². The molecule has 1 aromatic carbocycles. The minimum absolute atomic E-state index is 0.0906. The Morgan fingerprint density at radius 2 is 2.26 bits per heavy atom. The van der Waals surface area contributed by atoms with Crippen molar-refractivity contribution in [1.82, 2.24) is 0 Å². The molecular formula is C14H17NO4. The van der Waals surface area contributed by atoms with E-state index in [2.05, 4.69) is 0 Å². The predicted octanol–water partition coefficient (Wildman–Crippen LogP) is 1.57. The van der Waals surface area contributed by atoms with E-state index < -0.39 is 0 Å². The van der Waals surface area contributed by atoms with E-state index in [9.17, 15) is 4.79 Å². The highest BCUT2D eigenvalue weighted by Gasteiger charge is 2.60. The molecule has 1 aliphatic heterocycles. The van der Waals surface area contributed by atoms with Gasteiger partial charge in [-0.05, 0) is 19.1 Å². The van der Waals surface area contributed by atoms with E-state index in [-0.39, 0.29) is 18.0 Å². The summed E-state index contributed by atoms with van der Waals surface area (Å²) in [6.07, 6.45) is 0.0906. The predicted molar refractivity (Wildman–Crippen MR) is 69.3 cm³/mol. The molecule has 1 aliphatic carbocycles. The first-order valence-corrected chi connectivity index (χ1v) is 6.44. The molecule has 0 aromatic heterocycles. The van der Waals surface area contributed by atoms with Crippen molar-refractivity contribution < 1.29 is 19.0 Å². The molecule has 0 amide bonds. The third-order valence-electron chi connectivity index (χ3n) is 3.76. The second kappa shape index (κ2) is 4.42. The zero-order valence-corrected chi connectivity index (χ0v) is 11.0. The largest absolute Gasteiger partial charge is 0.487 e. The second-order valence-corrected chi connectivity index (χ2v) is 4.89. The van der Waals surface area contributed by atoms with Gasteiger partial charge in [0.1, 0.15) is 11.9 Å². The highest BCUT2D eigenvalue weighted by atomic mass is 16.5. The number of nitrogen functional groups attached to an aromatic ring is 1.